The number of hydrogen-bond acceptors (Lipinski definition) is 4. The van der Waals surface area contributed by atoms with Gasteiger partial charge in [0.2, 0.25) is 0 Å². The Bertz CT molecular complexity index is 471. The lowest BCUT2D eigenvalue weighted by molar-refractivity contribution is -0.274. The lowest BCUT2D eigenvalue weighted by atomic mass is 10.0. The van der Waals surface area contributed by atoms with Gasteiger partial charge in [0.05, 0.1) is 13.5 Å². The van der Waals surface area contributed by atoms with Crippen molar-refractivity contribution < 1.29 is 27.4 Å². The molecule has 114 valence electrons. The molecule has 20 heavy (non-hydrogen) atoms. The SMILES string of the molecule is COC(=O)C[C@H](N)c1cc(Br)cc(OC(F)(F)F)c1.Cl. The molecular weight excluding hydrogens is 366 g/mol. The third-order valence-corrected chi connectivity index (χ3v) is 2.63. The summed E-state index contributed by atoms with van der Waals surface area (Å²) in [4.78, 5) is 11.1. The van der Waals surface area contributed by atoms with E-state index in [4.69, 9.17) is 5.73 Å². The van der Waals surface area contributed by atoms with Crippen molar-refractivity contribution in [3.8, 4) is 5.75 Å². The van der Waals surface area contributed by atoms with Crippen LogP contribution in [0.15, 0.2) is 22.7 Å². The topological polar surface area (TPSA) is 61.5 Å². The van der Waals surface area contributed by atoms with Crippen LogP contribution in [0.3, 0.4) is 0 Å². The molecule has 1 aromatic rings. The van der Waals surface area contributed by atoms with Gasteiger partial charge in [-0.3, -0.25) is 4.79 Å². The van der Waals surface area contributed by atoms with Gasteiger partial charge in [-0.05, 0) is 23.8 Å². The molecule has 0 aromatic heterocycles. The zero-order chi connectivity index (χ0) is 14.6. The van der Waals surface area contributed by atoms with E-state index in [-0.39, 0.29) is 18.8 Å². The third kappa shape index (κ3) is 6.44. The Morgan fingerprint density at radius 3 is 2.50 bits per heavy atom. The van der Waals surface area contributed by atoms with Crippen molar-refractivity contribution in [2.24, 2.45) is 5.73 Å². The van der Waals surface area contributed by atoms with Gasteiger partial charge in [-0.25, -0.2) is 0 Å². The Hall–Kier alpha value is -0.990. The van der Waals surface area contributed by atoms with E-state index >= 15 is 0 Å². The molecule has 4 nitrogen and oxygen atoms in total. The monoisotopic (exact) mass is 377 g/mol. The van der Waals surface area contributed by atoms with Crippen LogP contribution in [0.25, 0.3) is 0 Å². The van der Waals surface area contributed by atoms with Crippen molar-refractivity contribution in [1.82, 2.24) is 0 Å². The normalized spacial score (nSPS) is 12.3. The first-order chi connectivity index (χ1) is 8.71. The number of methoxy groups -OCH3 is 1. The first-order valence-electron chi connectivity index (χ1n) is 5.10. The van der Waals surface area contributed by atoms with Crippen molar-refractivity contribution in [2.45, 2.75) is 18.8 Å². The molecule has 9 heteroatoms. The number of benzene rings is 1. The van der Waals surface area contributed by atoms with E-state index in [2.05, 4.69) is 25.4 Å². The largest absolute Gasteiger partial charge is 0.573 e. The van der Waals surface area contributed by atoms with Crippen LogP contribution in [0.4, 0.5) is 13.2 Å². The van der Waals surface area contributed by atoms with Crippen LogP contribution in [-0.2, 0) is 9.53 Å². The number of hydrogen-bond donors (Lipinski definition) is 1. The summed E-state index contributed by atoms with van der Waals surface area (Å²) in [5.74, 6) is -0.956. The highest BCUT2D eigenvalue weighted by Gasteiger charge is 2.31. The van der Waals surface area contributed by atoms with Gasteiger partial charge in [0.25, 0.3) is 0 Å². The molecular formula is C11H12BrClF3NO3. The number of carbonyl (C=O) groups is 1. The molecule has 1 atom stereocenters. The number of nitrogens with two attached hydrogens (primary N) is 1. The van der Waals surface area contributed by atoms with Crippen molar-refractivity contribution in [1.29, 1.82) is 0 Å². The number of rotatable bonds is 4. The summed E-state index contributed by atoms with van der Waals surface area (Å²) >= 11 is 3.05. The molecule has 0 heterocycles. The molecule has 0 aliphatic rings. The maximum Gasteiger partial charge on any atom is 0.573 e. The standard InChI is InChI=1S/C11H11BrF3NO3.ClH/c1-18-10(17)5-9(16)6-2-7(12)4-8(3-6)19-11(13,14)15;/h2-4,9H,5,16H2,1H3;1H/t9-;/m0./s1. The van der Waals surface area contributed by atoms with E-state index in [0.29, 0.717) is 10.0 Å². The van der Waals surface area contributed by atoms with Crippen LogP contribution in [0.5, 0.6) is 5.75 Å². The average Bonchev–Trinajstić information content (AvgIpc) is 2.25. The van der Waals surface area contributed by atoms with Gasteiger partial charge in [0, 0.05) is 10.5 Å². The molecule has 2 N–H and O–H groups in total. The molecule has 0 saturated carbocycles. The lowest BCUT2D eigenvalue weighted by Crippen LogP contribution is -2.19. The fourth-order valence-electron chi connectivity index (χ4n) is 1.37. The van der Waals surface area contributed by atoms with E-state index in [1.165, 1.54) is 13.2 Å². The highest BCUT2D eigenvalue weighted by atomic mass is 79.9. The summed E-state index contributed by atoms with van der Waals surface area (Å²) < 4.78 is 45.0. The van der Waals surface area contributed by atoms with E-state index in [9.17, 15) is 18.0 Å². The summed E-state index contributed by atoms with van der Waals surface area (Å²) in [7, 11) is 1.20. The Kier molecular flexibility index (Phi) is 7.32. The smallest absolute Gasteiger partial charge is 0.469 e. The number of alkyl halides is 3. The Balaban J connectivity index is 0.00000361. The van der Waals surface area contributed by atoms with Crippen molar-refractivity contribution in [3.63, 3.8) is 0 Å². The summed E-state index contributed by atoms with van der Waals surface area (Å²) in [5, 5.41) is 0. The van der Waals surface area contributed by atoms with Gasteiger partial charge in [-0.15, -0.1) is 25.6 Å². The molecule has 0 unspecified atom stereocenters. The van der Waals surface area contributed by atoms with Gasteiger partial charge in [0.1, 0.15) is 5.75 Å². The van der Waals surface area contributed by atoms with Crippen LogP contribution in [0.1, 0.15) is 18.0 Å². The highest BCUT2D eigenvalue weighted by Crippen LogP contribution is 2.29. The Labute approximate surface area is 128 Å². The van der Waals surface area contributed by atoms with Crippen molar-refractivity contribution in [3.05, 3.63) is 28.2 Å². The minimum atomic E-state index is -4.79. The highest BCUT2D eigenvalue weighted by molar-refractivity contribution is 9.10. The molecule has 0 aliphatic heterocycles. The molecule has 1 rings (SSSR count). The molecule has 0 aliphatic carbocycles. The number of ether oxygens (including phenoxy) is 2. The molecule has 0 saturated heterocycles. The quantitative estimate of drug-likeness (QED) is 0.817. The van der Waals surface area contributed by atoms with E-state index in [0.717, 1.165) is 12.1 Å². The molecule has 0 fully saturated rings. The second-order valence-electron chi connectivity index (χ2n) is 3.65. The second-order valence-corrected chi connectivity index (χ2v) is 4.57. The fourth-order valence-corrected chi connectivity index (χ4v) is 1.86. The summed E-state index contributed by atoms with van der Waals surface area (Å²) in [6.45, 7) is 0. The van der Waals surface area contributed by atoms with E-state index < -0.39 is 24.1 Å². The minimum absolute atomic E-state index is 0. The van der Waals surface area contributed by atoms with Crippen LogP contribution in [0.2, 0.25) is 0 Å². The number of esters is 1. The number of halogens is 5. The van der Waals surface area contributed by atoms with Gasteiger partial charge < -0.3 is 15.2 Å². The van der Waals surface area contributed by atoms with E-state index in [1.54, 1.807) is 0 Å². The first-order valence-corrected chi connectivity index (χ1v) is 5.89. The Morgan fingerprint density at radius 1 is 1.40 bits per heavy atom. The third-order valence-electron chi connectivity index (χ3n) is 2.17. The second kappa shape index (κ2) is 7.70. The van der Waals surface area contributed by atoms with Crippen LogP contribution >= 0.6 is 28.3 Å². The average molecular weight is 379 g/mol. The van der Waals surface area contributed by atoms with Gasteiger partial charge >= 0.3 is 12.3 Å². The molecule has 0 radical (unpaired) electrons. The zero-order valence-corrected chi connectivity index (χ0v) is 12.6. The minimum Gasteiger partial charge on any atom is -0.469 e. The number of carbonyl (C=O) groups excluding carboxylic acids is 1. The predicted octanol–water partition coefficient (Wildman–Crippen LogP) is 3.33. The lowest BCUT2D eigenvalue weighted by Gasteiger charge is -2.14. The van der Waals surface area contributed by atoms with E-state index in [1.807, 2.05) is 0 Å². The van der Waals surface area contributed by atoms with Crippen LogP contribution in [0, 0.1) is 0 Å². The van der Waals surface area contributed by atoms with Crippen molar-refractivity contribution >= 4 is 34.3 Å². The molecule has 1 aromatic carbocycles. The summed E-state index contributed by atoms with van der Waals surface area (Å²) in [5.41, 5.74) is 6.05. The summed E-state index contributed by atoms with van der Waals surface area (Å²) in [6.07, 6.45) is -4.93. The van der Waals surface area contributed by atoms with Crippen LogP contribution < -0.4 is 10.5 Å². The predicted molar refractivity (Wildman–Crippen MR) is 71.6 cm³/mol. The van der Waals surface area contributed by atoms with Gasteiger partial charge in [-0.2, -0.15) is 0 Å². The summed E-state index contributed by atoms with van der Waals surface area (Å²) in [6, 6.07) is 3.02. The van der Waals surface area contributed by atoms with Gasteiger partial charge in [0.15, 0.2) is 0 Å². The zero-order valence-electron chi connectivity index (χ0n) is 10.2. The molecule has 0 bridgehead atoms. The Morgan fingerprint density at radius 2 is 2.00 bits per heavy atom. The van der Waals surface area contributed by atoms with Gasteiger partial charge in [-0.1, -0.05) is 15.9 Å². The van der Waals surface area contributed by atoms with Crippen LogP contribution in [-0.4, -0.2) is 19.4 Å². The first kappa shape index (κ1) is 19.0. The molecule has 0 spiro atoms. The molecule has 0 amide bonds. The maximum atomic E-state index is 12.1. The van der Waals surface area contributed by atoms with Crippen molar-refractivity contribution in [2.75, 3.05) is 7.11 Å². The maximum absolute atomic E-state index is 12.1. The fraction of sp³-hybridized carbons (Fsp3) is 0.364.